The summed E-state index contributed by atoms with van der Waals surface area (Å²) < 4.78 is 7.43. The van der Waals surface area contributed by atoms with E-state index in [1.165, 1.54) is 12.8 Å². The minimum absolute atomic E-state index is 0.0776. The van der Waals surface area contributed by atoms with E-state index >= 15 is 0 Å². The number of anilines is 1. The maximum absolute atomic E-state index is 5.97. The summed E-state index contributed by atoms with van der Waals surface area (Å²) >= 11 is 0. The Morgan fingerprint density at radius 2 is 2.40 bits per heavy atom. The normalized spacial score (nSPS) is 31.0. The smallest absolute Gasteiger partial charge is 0.122 e. The molecule has 1 aromatic heterocycles. The molecule has 82 valence electrons. The average molecular weight is 207 g/mol. The Morgan fingerprint density at radius 1 is 1.60 bits per heavy atom. The van der Waals surface area contributed by atoms with E-state index < -0.39 is 0 Å². The number of ether oxygens (including phenoxy) is 1. The largest absolute Gasteiger partial charge is 0.384 e. The SMILES string of the molecule is CC1(c2cc(N)n(C3CC3)n2)CCOC1. The van der Waals surface area contributed by atoms with E-state index in [9.17, 15) is 0 Å². The van der Waals surface area contributed by atoms with E-state index in [0.29, 0.717) is 6.04 Å². The highest BCUT2D eigenvalue weighted by Gasteiger charge is 2.36. The van der Waals surface area contributed by atoms with Gasteiger partial charge in [-0.3, -0.25) is 0 Å². The van der Waals surface area contributed by atoms with Crippen molar-refractivity contribution in [2.24, 2.45) is 0 Å². The number of hydrogen-bond donors (Lipinski definition) is 1. The predicted molar refractivity (Wildman–Crippen MR) is 57.7 cm³/mol. The Morgan fingerprint density at radius 3 is 3.00 bits per heavy atom. The van der Waals surface area contributed by atoms with Crippen LogP contribution in [0.25, 0.3) is 0 Å². The molecule has 0 spiro atoms. The molecular weight excluding hydrogens is 190 g/mol. The molecule has 3 rings (SSSR count). The molecule has 1 aliphatic carbocycles. The van der Waals surface area contributed by atoms with Crippen molar-refractivity contribution in [3.05, 3.63) is 11.8 Å². The predicted octanol–water partition coefficient (Wildman–Crippen LogP) is 1.48. The fourth-order valence-electron chi connectivity index (χ4n) is 2.18. The highest BCUT2D eigenvalue weighted by atomic mass is 16.5. The van der Waals surface area contributed by atoms with Gasteiger partial charge in [0.05, 0.1) is 18.3 Å². The first-order chi connectivity index (χ1) is 7.19. The Balaban J connectivity index is 1.94. The van der Waals surface area contributed by atoms with E-state index in [0.717, 1.165) is 31.1 Å². The lowest BCUT2D eigenvalue weighted by atomic mass is 9.86. The zero-order chi connectivity index (χ0) is 10.5. The first-order valence-corrected chi connectivity index (χ1v) is 5.62. The second-order valence-electron chi connectivity index (χ2n) is 4.99. The number of aromatic nitrogens is 2. The first-order valence-electron chi connectivity index (χ1n) is 5.62. The van der Waals surface area contributed by atoms with Gasteiger partial charge in [0.2, 0.25) is 0 Å². The van der Waals surface area contributed by atoms with Gasteiger partial charge in [-0.15, -0.1) is 0 Å². The fraction of sp³-hybridized carbons (Fsp3) is 0.727. The van der Waals surface area contributed by atoms with Gasteiger partial charge in [-0.1, -0.05) is 6.92 Å². The van der Waals surface area contributed by atoms with Gasteiger partial charge in [-0.2, -0.15) is 5.10 Å². The molecule has 0 amide bonds. The standard InChI is InChI=1S/C11H17N3O/c1-11(4-5-15-7-11)9-6-10(12)14(13-9)8-2-3-8/h6,8H,2-5,7,12H2,1H3. The number of nitrogens with zero attached hydrogens (tertiary/aromatic N) is 2. The Hall–Kier alpha value is -1.03. The molecule has 2 aliphatic rings. The van der Waals surface area contributed by atoms with E-state index in [-0.39, 0.29) is 5.41 Å². The summed E-state index contributed by atoms with van der Waals surface area (Å²) in [4.78, 5) is 0. The molecule has 1 saturated carbocycles. The maximum atomic E-state index is 5.97. The Bertz CT molecular complexity index is 375. The van der Waals surface area contributed by atoms with Crippen LogP contribution in [0.3, 0.4) is 0 Å². The lowest BCUT2D eigenvalue weighted by Crippen LogP contribution is -2.22. The molecule has 2 fully saturated rings. The number of rotatable bonds is 2. The summed E-state index contributed by atoms with van der Waals surface area (Å²) in [6.07, 6.45) is 3.49. The molecule has 4 nitrogen and oxygen atoms in total. The summed E-state index contributed by atoms with van der Waals surface area (Å²) in [7, 11) is 0. The minimum Gasteiger partial charge on any atom is -0.384 e. The van der Waals surface area contributed by atoms with Gasteiger partial charge in [-0.05, 0) is 19.3 Å². The van der Waals surface area contributed by atoms with Crippen LogP contribution in [0.4, 0.5) is 5.82 Å². The van der Waals surface area contributed by atoms with E-state index in [2.05, 4.69) is 12.0 Å². The van der Waals surface area contributed by atoms with Crippen LogP contribution in [-0.2, 0) is 10.2 Å². The summed E-state index contributed by atoms with van der Waals surface area (Å²) in [5.41, 5.74) is 7.15. The van der Waals surface area contributed by atoms with Crippen molar-refractivity contribution in [2.45, 2.75) is 37.6 Å². The molecule has 1 saturated heterocycles. The molecule has 15 heavy (non-hydrogen) atoms. The van der Waals surface area contributed by atoms with Crippen molar-refractivity contribution in [1.82, 2.24) is 9.78 Å². The first kappa shape index (κ1) is 9.21. The number of nitrogens with two attached hydrogens (primary N) is 1. The average Bonchev–Trinajstić information content (AvgIpc) is 2.83. The monoisotopic (exact) mass is 207 g/mol. The highest BCUT2D eigenvalue weighted by molar-refractivity contribution is 5.35. The van der Waals surface area contributed by atoms with Gasteiger partial charge in [0, 0.05) is 18.1 Å². The Labute approximate surface area is 89.4 Å². The van der Waals surface area contributed by atoms with Crippen molar-refractivity contribution in [3.63, 3.8) is 0 Å². The van der Waals surface area contributed by atoms with Crippen LogP contribution in [0.5, 0.6) is 0 Å². The Kier molecular flexibility index (Phi) is 1.83. The molecule has 2 N–H and O–H groups in total. The van der Waals surface area contributed by atoms with Gasteiger partial charge in [0.1, 0.15) is 5.82 Å². The molecule has 1 atom stereocenters. The van der Waals surface area contributed by atoms with Gasteiger partial charge in [0.25, 0.3) is 0 Å². The van der Waals surface area contributed by atoms with Crippen molar-refractivity contribution in [2.75, 3.05) is 18.9 Å². The third kappa shape index (κ3) is 1.44. The van der Waals surface area contributed by atoms with Crippen molar-refractivity contribution >= 4 is 5.82 Å². The fourth-order valence-corrected chi connectivity index (χ4v) is 2.18. The van der Waals surface area contributed by atoms with Crippen LogP contribution in [0, 0.1) is 0 Å². The number of nitrogen functional groups attached to an aromatic ring is 1. The van der Waals surface area contributed by atoms with Crippen molar-refractivity contribution in [3.8, 4) is 0 Å². The topological polar surface area (TPSA) is 53.1 Å². The van der Waals surface area contributed by atoms with E-state index in [4.69, 9.17) is 10.5 Å². The van der Waals surface area contributed by atoms with Crippen molar-refractivity contribution < 1.29 is 4.74 Å². The molecule has 1 unspecified atom stereocenters. The van der Waals surface area contributed by atoms with Crippen LogP contribution in [0.2, 0.25) is 0 Å². The van der Waals surface area contributed by atoms with Gasteiger partial charge < -0.3 is 10.5 Å². The zero-order valence-corrected chi connectivity index (χ0v) is 9.07. The zero-order valence-electron chi connectivity index (χ0n) is 9.07. The molecular formula is C11H17N3O. The third-order valence-corrected chi connectivity index (χ3v) is 3.49. The summed E-state index contributed by atoms with van der Waals surface area (Å²) in [6.45, 7) is 3.82. The van der Waals surface area contributed by atoms with Gasteiger partial charge >= 0.3 is 0 Å². The molecule has 0 bridgehead atoms. The minimum atomic E-state index is 0.0776. The molecule has 1 aliphatic heterocycles. The highest BCUT2D eigenvalue weighted by Crippen LogP contribution is 2.39. The quantitative estimate of drug-likeness (QED) is 0.799. The van der Waals surface area contributed by atoms with Crippen LogP contribution >= 0.6 is 0 Å². The molecule has 2 heterocycles. The van der Waals surface area contributed by atoms with Gasteiger partial charge in [0.15, 0.2) is 0 Å². The van der Waals surface area contributed by atoms with Crippen LogP contribution < -0.4 is 5.73 Å². The lowest BCUT2D eigenvalue weighted by Gasteiger charge is -2.18. The van der Waals surface area contributed by atoms with E-state index in [1.54, 1.807) is 0 Å². The van der Waals surface area contributed by atoms with Crippen LogP contribution in [-0.4, -0.2) is 23.0 Å². The maximum Gasteiger partial charge on any atom is 0.122 e. The summed E-state index contributed by atoms with van der Waals surface area (Å²) in [5.74, 6) is 0.806. The lowest BCUT2D eigenvalue weighted by molar-refractivity contribution is 0.179. The summed E-state index contributed by atoms with van der Waals surface area (Å²) in [6, 6.07) is 2.58. The van der Waals surface area contributed by atoms with E-state index in [1.807, 2.05) is 10.7 Å². The summed E-state index contributed by atoms with van der Waals surface area (Å²) in [5, 5.41) is 4.64. The van der Waals surface area contributed by atoms with Gasteiger partial charge in [-0.25, -0.2) is 4.68 Å². The molecule has 0 radical (unpaired) electrons. The van der Waals surface area contributed by atoms with Crippen LogP contribution in [0.1, 0.15) is 37.9 Å². The second kappa shape index (κ2) is 2.98. The van der Waals surface area contributed by atoms with Crippen molar-refractivity contribution in [1.29, 1.82) is 0 Å². The molecule has 1 aromatic rings. The number of hydrogen-bond acceptors (Lipinski definition) is 3. The molecule has 0 aromatic carbocycles. The third-order valence-electron chi connectivity index (χ3n) is 3.49. The van der Waals surface area contributed by atoms with Crippen LogP contribution in [0.15, 0.2) is 6.07 Å². The second-order valence-corrected chi connectivity index (χ2v) is 4.99. The molecule has 4 heteroatoms.